The summed E-state index contributed by atoms with van der Waals surface area (Å²) >= 11 is 0. The minimum Gasteiger partial charge on any atom is -0.497 e. The van der Waals surface area contributed by atoms with Crippen molar-refractivity contribution in [2.24, 2.45) is 0 Å². The van der Waals surface area contributed by atoms with E-state index >= 15 is 0 Å². The molecule has 2 aromatic rings. The van der Waals surface area contributed by atoms with E-state index in [4.69, 9.17) is 4.74 Å². The maximum absolute atomic E-state index is 11.3. The van der Waals surface area contributed by atoms with Crippen LogP contribution in [0.3, 0.4) is 0 Å². The van der Waals surface area contributed by atoms with Crippen molar-refractivity contribution in [2.45, 2.75) is 6.92 Å². The molecule has 2 aromatic carbocycles. The highest BCUT2D eigenvalue weighted by molar-refractivity contribution is 5.95. The number of anilines is 2. The summed E-state index contributed by atoms with van der Waals surface area (Å²) < 4.78 is 5.05. The van der Waals surface area contributed by atoms with Crippen molar-refractivity contribution in [3.05, 3.63) is 58.1 Å². The van der Waals surface area contributed by atoms with Gasteiger partial charge in [-0.1, -0.05) is 0 Å². The van der Waals surface area contributed by atoms with Crippen LogP contribution in [-0.2, 0) is 0 Å². The van der Waals surface area contributed by atoms with Crippen LogP contribution in [0.5, 0.6) is 5.75 Å². The first-order valence-corrected chi connectivity index (χ1v) is 6.21. The second kappa shape index (κ2) is 6.04. The molecule has 0 bridgehead atoms. The van der Waals surface area contributed by atoms with E-state index < -0.39 is 4.92 Å². The zero-order valence-corrected chi connectivity index (χ0v) is 11.6. The molecule has 0 aliphatic rings. The molecule has 6 nitrogen and oxygen atoms in total. The van der Waals surface area contributed by atoms with Crippen LogP contribution >= 0.6 is 0 Å². The molecule has 6 heteroatoms. The van der Waals surface area contributed by atoms with E-state index in [1.807, 2.05) is 0 Å². The minimum absolute atomic E-state index is 0.140. The molecule has 0 radical (unpaired) electrons. The van der Waals surface area contributed by atoms with E-state index in [1.165, 1.54) is 19.1 Å². The van der Waals surface area contributed by atoms with Crippen LogP contribution in [0.2, 0.25) is 0 Å². The number of nitrogens with one attached hydrogen (secondary N) is 1. The number of rotatable bonds is 5. The molecule has 0 saturated carbocycles. The Morgan fingerprint density at radius 3 is 2.38 bits per heavy atom. The van der Waals surface area contributed by atoms with Crippen molar-refractivity contribution in [3.8, 4) is 5.75 Å². The first kappa shape index (κ1) is 14.5. The van der Waals surface area contributed by atoms with Gasteiger partial charge in [0.1, 0.15) is 11.4 Å². The summed E-state index contributed by atoms with van der Waals surface area (Å²) in [6.07, 6.45) is 0. The van der Waals surface area contributed by atoms with Gasteiger partial charge in [-0.05, 0) is 43.3 Å². The molecule has 0 unspecified atom stereocenters. The summed E-state index contributed by atoms with van der Waals surface area (Å²) in [4.78, 5) is 21.9. The summed E-state index contributed by atoms with van der Waals surface area (Å²) in [7, 11) is 1.56. The third-order valence-corrected chi connectivity index (χ3v) is 2.97. The van der Waals surface area contributed by atoms with Gasteiger partial charge >= 0.3 is 0 Å². The first-order valence-electron chi connectivity index (χ1n) is 6.21. The highest BCUT2D eigenvalue weighted by atomic mass is 16.6. The molecular formula is C15H14N2O4. The Morgan fingerprint density at radius 2 is 1.86 bits per heavy atom. The summed E-state index contributed by atoms with van der Waals surface area (Å²) in [6.45, 7) is 1.37. The predicted octanol–water partition coefficient (Wildman–Crippen LogP) is 3.55. The fourth-order valence-corrected chi connectivity index (χ4v) is 1.84. The van der Waals surface area contributed by atoms with Crippen LogP contribution in [0.15, 0.2) is 42.5 Å². The summed E-state index contributed by atoms with van der Waals surface area (Å²) in [5, 5.41) is 14.1. The third-order valence-electron chi connectivity index (χ3n) is 2.97. The van der Waals surface area contributed by atoms with Crippen molar-refractivity contribution in [3.63, 3.8) is 0 Å². The van der Waals surface area contributed by atoms with Gasteiger partial charge in [0, 0.05) is 17.3 Å². The van der Waals surface area contributed by atoms with Crippen molar-refractivity contribution in [1.82, 2.24) is 0 Å². The Bertz CT molecular complexity index is 681. The molecule has 0 fully saturated rings. The molecule has 0 heterocycles. The van der Waals surface area contributed by atoms with E-state index in [0.29, 0.717) is 22.7 Å². The quantitative estimate of drug-likeness (QED) is 0.516. The maximum atomic E-state index is 11.3. The number of methoxy groups -OCH3 is 1. The highest BCUT2D eigenvalue weighted by Gasteiger charge is 2.16. The molecule has 1 N–H and O–H groups in total. The average molecular weight is 286 g/mol. The fraction of sp³-hybridized carbons (Fsp3) is 0.133. The Hall–Kier alpha value is -2.89. The first-order chi connectivity index (χ1) is 10.0. The Kier molecular flexibility index (Phi) is 4.18. The molecule has 21 heavy (non-hydrogen) atoms. The number of ether oxygens (including phenoxy) is 1. The Balaban J connectivity index is 2.34. The maximum Gasteiger partial charge on any atom is 0.293 e. The lowest BCUT2D eigenvalue weighted by Crippen LogP contribution is -2.00. The molecule has 0 saturated heterocycles. The van der Waals surface area contributed by atoms with Gasteiger partial charge in [0.25, 0.3) is 5.69 Å². The zero-order valence-electron chi connectivity index (χ0n) is 11.6. The topological polar surface area (TPSA) is 81.5 Å². The lowest BCUT2D eigenvalue weighted by atomic mass is 10.1. The molecule has 0 aliphatic carbocycles. The second-order valence-electron chi connectivity index (χ2n) is 4.40. The number of carbonyl (C=O) groups is 1. The molecule has 0 atom stereocenters. The van der Waals surface area contributed by atoms with E-state index in [9.17, 15) is 14.9 Å². The third kappa shape index (κ3) is 3.36. The number of nitro groups is 1. The van der Waals surface area contributed by atoms with E-state index in [2.05, 4.69) is 5.32 Å². The van der Waals surface area contributed by atoms with Gasteiger partial charge in [0.2, 0.25) is 0 Å². The zero-order chi connectivity index (χ0) is 15.4. The van der Waals surface area contributed by atoms with Crippen molar-refractivity contribution in [2.75, 3.05) is 12.4 Å². The van der Waals surface area contributed by atoms with E-state index in [-0.39, 0.29) is 11.5 Å². The van der Waals surface area contributed by atoms with E-state index in [0.717, 1.165) is 0 Å². The van der Waals surface area contributed by atoms with Crippen molar-refractivity contribution >= 4 is 22.8 Å². The number of Topliss-reactive ketones (excluding diaryl/α,β-unsaturated/α-hetero) is 1. The van der Waals surface area contributed by atoms with Gasteiger partial charge in [-0.25, -0.2) is 0 Å². The van der Waals surface area contributed by atoms with Crippen LogP contribution < -0.4 is 10.1 Å². The molecular weight excluding hydrogens is 272 g/mol. The van der Waals surface area contributed by atoms with Gasteiger partial charge in [-0.3, -0.25) is 14.9 Å². The van der Waals surface area contributed by atoms with Gasteiger partial charge in [0.05, 0.1) is 12.0 Å². The predicted molar refractivity (Wildman–Crippen MR) is 79.4 cm³/mol. The molecule has 0 spiro atoms. The smallest absolute Gasteiger partial charge is 0.293 e. The van der Waals surface area contributed by atoms with Crippen LogP contribution in [0.4, 0.5) is 17.1 Å². The molecule has 0 aromatic heterocycles. The Labute approximate surface area is 121 Å². The second-order valence-corrected chi connectivity index (χ2v) is 4.40. The standard InChI is InChI=1S/C15H14N2O4/c1-10(18)11-3-8-14(15(9-11)17(19)20)16-12-4-6-13(21-2)7-5-12/h3-9,16H,1-2H3. The molecule has 0 amide bonds. The van der Waals surface area contributed by atoms with Crippen molar-refractivity contribution in [1.29, 1.82) is 0 Å². The normalized spacial score (nSPS) is 10.0. The number of hydrogen-bond acceptors (Lipinski definition) is 5. The van der Waals surface area contributed by atoms with Gasteiger partial charge in [-0.2, -0.15) is 0 Å². The minimum atomic E-state index is -0.516. The van der Waals surface area contributed by atoms with E-state index in [1.54, 1.807) is 37.4 Å². The molecule has 2 rings (SSSR count). The van der Waals surface area contributed by atoms with Crippen LogP contribution in [-0.4, -0.2) is 17.8 Å². The number of ketones is 1. The van der Waals surface area contributed by atoms with Gasteiger partial charge in [0.15, 0.2) is 5.78 Å². The Morgan fingerprint density at radius 1 is 1.19 bits per heavy atom. The monoisotopic (exact) mass is 286 g/mol. The SMILES string of the molecule is COc1ccc(Nc2ccc(C(C)=O)cc2[N+](=O)[O-])cc1. The van der Waals surface area contributed by atoms with Gasteiger partial charge < -0.3 is 10.1 Å². The number of carbonyl (C=O) groups excluding carboxylic acids is 1. The van der Waals surface area contributed by atoms with Crippen LogP contribution in [0, 0.1) is 10.1 Å². The number of nitrogens with zero attached hydrogens (tertiary/aromatic N) is 1. The number of hydrogen-bond donors (Lipinski definition) is 1. The largest absolute Gasteiger partial charge is 0.497 e. The average Bonchev–Trinajstić information content (AvgIpc) is 2.48. The molecule has 108 valence electrons. The summed E-state index contributed by atoms with van der Waals surface area (Å²) in [5.74, 6) is 0.482. The van der Waals surface area contributed by atoms with Crippen LogP contribution in [0.1, 0.15) is 17.3 Å². The summed E-state index contributed by atoms with van der Waals surface area (Å²) in [5.41, 5.74) is 1.19. The van der Waals surface area contributed by atoms with Gasteiger partial charge in [-0.15, -0.1) is 0 Å². The lowest BCUT2D eigenvalue weighted by Gasteiger charge is -2.08. The highest BCUT2D eigenvalue weighted by Crippen LogP contribution is 2.29. The van der Waals surface area contributed by atoms with Crippen LogP contribution in [0.25, 0.3) is 0 Å². The lowest BCUT2D eigenvalue weighted by molar-refractivity contribution is -0.383. The number of nitro benzene ring substituents is 1. The summed E-state index contributed by atoms with van der Waals surface area (Å²) in [6, 6.07) is 11.4. The fourth-order valence-electron chi connectivity index (χ4n) is 1.84. The van der Waals surface area contributed by atoms with Crippen molar-refractivity contribution < 1.29 is 14.5 Å². The number of benzene rings is 2. The molecule has 0 aliphatic heterocycles.